The van der Waals surface area contributed by atoms with Gasteiger partial charge in [-0.3, -0.25) is 9.59 Å². The van der Waals surface area contributed by atoms with Gasteiger partial charge in [0.1, 0.15) is 17.1 Å². The first-order valence-corrected chi connectivity index (χ1v) is 18.6. The molecule has 3 aromatic carbocycles. The van der Waals surface area contributed by atoms with Crippen molar-refractivity contribution in [3.63, 3.8) is 0 Å². The molecule has 5 rings (SSSR count). The minimum Gasteiger partial charge on any atom is -0.496 e. The second kappa shape index (κ2) is 14.2. The molecule has 0 radical (unpaired) electrons. The molecule has 2 fully saturated rings. The van der Waals surface area contributed by atoms with Crippen molar-refractivity contribution in [2.24, 2.45) is 11.3 Å². The fraction of sp³-hybridized carbons (Fsp3) is 0.432. The number of ether oxygens (including phenoxy) is 1. The van der Waals surface area contributed by atoms with Gasteiger partial charge < -0.3 is 20.1 Å². The molecule has 3 aromatic rings. The van der Waals surface area contributed by atoms with Gasteiger partial charge in [-0.1, -0.05) is 48.3 Å². The number of rotatable bonds is 11. The number of hydrogen-bond acceptors (Lipinski definition) is 6. The van der Waals surface area contributed by atoms with Crippen LogP contribution in [0.2, 0.25) is 10.0 Å². The second-order valence-corrected chi connectivity index (χ2v) is 18.2. The first-order valence-electron chi connectivity index (χ1n) is 16.3. The number of benzene rings is 3. The predicted molar refractivity (Wildman–Crippen MR) is 191 cm³/mol. The summed E-state index contributed by atoms with van der Waals surface area (Å²) in [6, 6.07) is 15.1. The number of likely N-dealkylation sites (tertiary alicyclic amines) is 1. The molecule has 1 heterocycles. The average molecular weight is 748 g/mol. The molecule has 13 heteroatoms. The highest BCUT2D eigenvalue weighted by atomic mass is 35.5. The van der Waals surface area contributed by atoms with Crippen LogP contribution >= 0.6 is 23.2 Å². The molecule has 1 aliphatic carbocycles. The van der Waals surface area contributed by atoms with E-state index in [-0.39, 0.29) is 47.5 Å². The lowest BCUT2D eigenvalue weighted by atomic mass is 9.67. The fourth-order valence-corrected chi connectivity index (χ4v) is 9.44. The molecule has 9 nitrogen and oxygen atoms in total. The molecule has 1 saturated heterocycles. The Kier molecular flexibility index (Phi) is 10.6. The Morgan fingerprint density at radius 1 is 1.08 bits per heavy atom. The van der Waals surface area contributed by atoms with Crippen molar-refractivity contribution in [3.8, 4) is 5.75 Å². The van der Waals surface area contributed by atoms with Crippen LogP contribution in [0.3, 0.4) is 0 Å². The van der Waals surface area contributed by atoms with Crippen LogP contribution in [0.25, 0.3) is 0 Å². The molecule has 50 heavy (non-hydrogen) atoms. The Morgan fingerprint density at radius 2 is 1.80 bits per heavy atom. The van der Waals surface area contributed by atoms with Crippen molar-refractivity contribution in [1.29, 1.82) is 0 Å². The Balaban J connectivity index is 1.51. The minimum absolute atomic E-state index is 0.0624. The van der Waals surface area contributed by atoms with Crippen molar-refractivity contribution >= 4 is 56.5 Å². The van der Waals surface area contributed by atoms with Crippen LogP contribution in [0.4, 0.5) is 10.1 Å². The lowest BCUT2D eigenvalue weighted by molar-refractivity contribution is -0.153. The van der Waals surface area contributed by atoms with Crippen molar-refractivity contribution in [1.82, 2.24) is 4.90 Å². The number of amides is 2. The number of aromatic carboxylic acids is 1. The van der Waals surface area contributed by atoms with E-state index in [2.05, 4.69) is 5.32 Å². The van der Waals surface area contributed by atoms with Gasteiger partial charge in [-0.15, -0.1) is 0 Å². The Morgan fingerprint density at radius 3 is 2.42 bits per heavy atom. The van der Waals surface area contributed by atoms with Gasteiger partial charge >= 0.3 is 5.97 Å². The van der Waals surface area contributed by atoms with Crippen LogP contribution in [0.5, 0.6) is 5.75 Å². The molecular weight excluding hydrogens is 706 g/mol. The third kappa shape index (κ3) is 7.65. The summed E-state index contributed by atoms with van der Waals surface area (Å²) >= 11 is 12.5. The zero-order chi connectivity index (χ0) is 36.8. The van der Waals surface area contributed by atoms with Gasteiger partial charge in [0.05, 0.1) is 33.6 Å². The Hall–Kier alpha value is -3.67. The minimum atomic E-state index is -3.41. The van der Waals surface area contributed by atoms with Crippen LogP contribution in [-0.2, 0) is 19.4 Å². The lowest BCUT2D eigenvalue weighted by Crippen LogP contribution is -2.53. The molecule has 1 saturated carbocycles. The number of sulfone groups is 1. The highest BCUT2D eigenvalue weighted by molar-refractivity contribution is 7.93. The first kappa shape index (κ1) is 37.6. The van der Waals surface area contributed by atoms with E-state index in [0.717, 1.165) is 5.56 Å². The van der Waals surface area contributed by atoms with Crippen LogP contribution in [0, 0.1) is 17.2 Å². The van der Waals surface area contributed by atoms with Crippen molar-refractivity contribution < 1.29 is 37.0 Å². The normalized spacial score (nSPS) is 23.8. The van der Waals surface area contributed by atoms with Gasteiger partial charge in [0.25, 0.3) is 0 Å². The van der Waals surface area contributed by atoms with E-state index in [1.54, 1.807) is 56.9 Å². The molecule has 1 aliphatic heterocycles. The predicted octanol–water partition coefficient (Wildman–Crippen LogP) is 7.92. The van der Waals surface area contributed by atoms with Gasteiger partial charge in [0, 0.05) is 35.7 Å². The smallest absolute Gasteiger partial charge is 0.339 e. The highest BCUT2D eigenvalue weighted by Crippen LogP contribution is 2.52. The topological polar surface area (TPSA) is 130 Å². The molecule has 268 valence electrons. The van der Waals surface area contributed by atoms with Gasteiger partial charge in [-0.25, -0.2) is 17.6 Å². The summed E-state index contributed by atoms with van der Waals surface area (Å²) in [4.78, 5) is 41.5. The Bertz CT molecular complexity index is 1930. The molecule has 2 aliphatic rings. The number of nitrogens with one attached hydrogen (secondary N) is 1. The molecule has 2 amide bonds. The van der Waals surface area contributed by atoms with Gasteiger partial charge in [0.2, 0.25) is 11.8 Å². The maximum absolute atomic E-state index is 15.0. The van der Waals surface area contributed by atoms with Crippen LogP contribution in [0.15, 0.2) is 60.7 Å². The highest BCUT2D eigenvalue weighted by Gasteiger charge is 2.54. The largest absolute Gasteiger partial charge is 0.496 e. The number of hydrogen-bond donors (Lipinski definition) is 2. The summed E-state index contributed by atoms with van der Waals surface area (Å²) in [7, 11) is -2.09. The maximum atomic E-state index is 15.0. The van der Waals surface area contributed by atoms with E-state index in [4.69, 9.17) is 27.9 Å². The number of anilines is 1. The molecule has 5 unspecified atom stereocenters. The second-order valence-electron chi connectivity index (χ2n) is 14.5. The van der Waals surface area contributed by atoms with Crippen molar-refractivity contribution in [2.75, 3.05) is 19.0 Å². The van der Waals surface area contributed by atoms with E-state index >= 15 is 4.39 Å². The number of nitrogens with zero attached hydrogens (tertiary/aromatic N) is 1. The monoisotopic (exact) mass is 746 g/mol. The zero-order valence-corrected chi connectivity index (χ0v) is 30.8. The number of halogens is 3. The number of carboxylic acids is 1. The quantitative estimate of drug-likeness (QED) is 0.204. The Labute approximate surface area is 302 Å². The molecule has 2 N–H and O–H groups in total. The molecule has 0 bridgehead atoms. The molecule has 5 atom stereocenters. The van der Waals surface area contributed by atoms with E-state index in [1.165, 1.54) is 37.4 Å². The third-order valence-electron chi connectivity index (χ3n) is 9.84. The fourth-order valence-electron chi connectivity index (χ4n) is 7.08. The van der Waals surface area contributed by atoms with Crippen molar-refractivity contribution in [3.05, 3.63) is 93.2 Å². The van der Waals surface area contributed by atoms with Crippen LogP contribution in [0.1, 0.15) is 86.8 Å². The van der Waals surface area contributed by atoms with E-state index < -0.39 is 54.9 Å². The summed E-state index contributed by atoms with van der Waals surface area (Å²) in [5.74, 6) is -3.17. The van der Waals surface area contributed by atoms with Gasteiger partial charge in [-0.2, -0.15) is 0 Å². The number of carboxylic acid groups (broad SMARTS) is 1. The van der Waals surface area contributed by atoms with Gasteiger partial charge in [-0.05, 0) is 93.5 Å². The standard InChI is InChI=1S/C37H41Cl2FN2O7S/c1-36(2,3)50(47,48)31-17-22(31)13-14-42-33(23-9-12-28(39)29(40)16-23)27(21-7-6-8-24(38)15-21)19-37(4,35(42)46)20-32(43)41-25-10-11-26(34(44)45)30(18-25)49-5/h6-12,15-16,18,22,27,31,33H,13-14,17,19-20H2,1-5H3,(H,41,43)(H,44,45). The summed E-state index contributed by atoms with van der Waals surface area (Å²) in [5, 5.41) is 12.1. The molecule has 0 aromatic heterocycles. The van der Waals surface area contributed by atoms with Gasteiger partial charge in [0.15, 0.2) is 9.84 Å². The maximum Gasteiger partial charge on any atom is 0.339 e. The summed E-state index contributed by atoms with van der Waals surface area (Å²) in [6.07, 6.45) is 0.868. The molecular formula is C37H41Cl2FN2O7S. The summed E-state index contributed by atoms with van der Waals surface area (Å²) < 4.78 is 45.7. The number of piperidine rings is 1. The SMILES string of the molecule is COc1cc(NC(=O)CC2(C)CC(c3cccc(Cl)c3)C(c3ccc(Cl)c(F)c3)N(CCC3CC3S(=O)(=O)C(C)(C)C)C2=O)ccc1C(=O)O. The molecule has 0 spiro atoms. The van der Waals surface area contributed by atoms with E-state index in [0.29, 0.717) is 29.1 Å². The zero-order valence-electron chi connectivity index (χ0n) is 28.5. The lowest BCUT2D eigenvalue weighted by Gasteiger charge is -2.49. The van der Waals surface area contributed by atoms with Crippen LogP contribution < -0.4 is 10.1 Å². The third-order valence-corrected chi connectivity index (χ3v) is 13.5. The number of methoxy groups -OCH3 is 1. The average Bonchev–Trinajstić information content (AvgIpc) is 3.83. The number of carbonyl (C=O) groups excluding carboxylic acids is 2. The van der Waals surface area contributed by atoms with Crippen LogP contribution in [-0.4, -0.2) is 59.9 Å². The number of carbonyl (C=O) groups is 3. The van der Waals surface area contributed by atoms with E-state index in [9.17, 15) is 27.9 Å². The van der Waals surface area contributed by atoms with Crippen molar-refractivity contribution in [2.45, 2.75) is 75.3 Å². The summed E-state index contributed by atoms with van der Waals surface area (Å²) in [6.45, 7) is 6.94. The first-order chi connectivity index (χ1) is 23.4. The van der Waals surface area contributed by atoms with E-state index in [1.807, 2.05) is 6.07 Å². The summed E-state index contributed by atoms with van der Waals surface area (Å²) in [5.41, 5.74) is 0.274.